The van der Waals surface area contributed by atoms with Crippen molar-refractivity contribution in [1.29, 1.82) is 5.26 Å². The van der Waals surface area contributed by atoms with Gasteiger partial charge >= 0.3 is 0 Å². The molecule has 1 N–H and O–H groups in total. The standard InChI is InChI=1S/C23H27N3O3S2/c24-16-17-7-9-20(10-8-17)31(28,29)26-13-11-19(12-14-26)23(27)25-22(18-4-1-2-5-18)21-6-3-15-30-21/h3,6-10,15,18-19,22H,1-2,4-5,11-14H2,(H,25,27). The van der Waals surface area contributed by atoms with Gasteiger partial charge in [0.2, 0.25) is 15.9 Å². The largest absolute Gasteiger partial charge is 0.348 e. The molecule has 1 aromatic heterocycles. The van der Waals surface area contributed by atoms with Crippen molar-refractivity contribution < 1.29 is 13.2 Å². The normalized spacial score (nSPS) is 19.7. The summed E-state index contributed by atoms with van der Waals surface area (Å²) < 4.78 is 27.3. The van der Waals surface area contributed by atoms with E-state index in [1.807, 2.05) is 12.1 Å². The molecule has 1 aliphatic carbocycles. The van der Waals surface area contributed by atoms with Crippen molar-refractivity contribution in [3.05, 3.63) is 52.2 Å². The van der Waals surface area contributed by atoms with E-state index in [2.05, 4.69) is 16.8 Å². The molecule has 2 aromatic rings. The first kappa shape index (κ1) is 22.0. The lowest BCUT2D eigenvalue weighted by Gasteiger charge is -2.32. The number of rotatable bonds is 6. The van der Waals surface area contributed by atoms with Gasteiger partial charge in [-0.1, -0.05) is 18.9 Å². The summed E-state index contributed by atoms with van der Waals surface area (Å²) in [4.78, 5) is 14.4. The topological polar surface area (TPSA) is 90.3 Å². The van der Waals surface area contributed by atoms with Crippen LogP contribution in [0.2, 0.25) is 0 Å². The van der Waals surface area contributed by atoms with Crippen molar-refractivity contribution >= 4 is 27.3 Å². The summed E-state index contributed by atoms with van der Waals surface area (Å²) in [6.45, 7) is 0.654. The summed E-state index contributed by atoms with van der Waals surface area (Å²) in [5, 5.41) is 14.3. The van der Waals surface area contributed by atoms with Gasteiger partial charge in [0.05, 0.1) is 22.6 Å². The molecule has 1 aromatic carbocycles. The zero-order chi connectivity index (χ0) is 21.8. The molecule has 6 nitrogen and oxygen atoms in total. The molecule has 8 heteroatoms. The number of hydrogen-bond donors (Lipinski definition) is 1. The van der Waals surface area contributed by atoms with Gasteiger partial charge in [-0.15, -0.1) is 11.3 Å². The Morgan fingerprint density at radius 2 is 1.77 bits per heavy atom. The summed E-state index contributed by atoms with van der Waals surface area (Å²) in [6, 6.07) is 12.2. The van der Waals surface area contributed by atoms with Crippen LogP contribution in [0.15, 0.2) is 46.7 Å². The van der Waals surface area contributed by atoms with Crippen LogP contribution >= 0.6 is 11.3 Å². The molecular formula is C23H27N3O3S2. The van der Waals surface area contributed by atoms with E-state index in [9.17, 15) is 13.2 Å². The van der Waals surface area contributed by atoms with Gasteiger partial charge in [-0.05, 0) is 67.3 Å². The average Bonchev–Trinajstić information content (AvgIpc) is 3.52. The number of carbonyl (C=O) groups excluding carboxylic acids is 1. The minimum Gasteiger partial charge on any atom is -0.348 e. The number of nitrogens with one attached hydrogen (secondary N) is 1. The number of nitrogens with zero attached hydrogens (tertiary/aromatic N) is 2. The van der Waals surface area contributed by atoms with Crippen LogP contribution in [0.4, 0.5) is 0 Å². The zero-order valence-electron chi connectivity index (χ0n) is 17.4. The molecule has 31 heavy (non-hydrogen) atoms. The number of piperidine rings is 1. The van der Waals surface area contributed by atoms with Crippen molar-refractivity contribution in [3.8, 4) is 6.07 Å². The molecule has 1 atom stereocenters. The van der Waals surface area contributed by atoms with Gasteiger partial charge in [-0.2, -0.15) is 9.57 Å². The highest BCUT2D eigenvalue weighted by Gasteiger charge is 2.34. The lowest BCUT2D eigenvalue weighted by molar-refractivity contribution is -0.127. The zero-order valence-corrected chi connectivity index (χ0v) is 19.0. The maximum absolute atomic E-state index is 13.1. The third-order valence-corrected chi connectivity index (χ3v) is 9.33. The van der Waals surface area contributed by atoms with Crippen LogP contribution in [0.5, 0.6) is 0 Å². The molecule has 2 fully saturated rings. The smallest absolute Gasteiger partial charge is 0.243 e. The number of amides is 1. The molecule has 4 rings (SSSR count). The van der Waals surface area contributed by atoms with E-state index in [0.29, 0.717) is 37.4 Å². The van der Waals surface area contributed by atoms with Crippen molar-refractivity contribution in [2.24, 2.45) is 11.8 Å². The van der Waals surface area contributed by atoms with Crippen LogP contribution in [-0.2, 0) is 14.8 Å². The maximum Gasteiger partial charge on any atom is 0.243 e. The van der Waals surface area contributed by atoms with Crippen molar-refractivity contribution in [1.82, 2.24) is 9.62 Å². The third-order valence-electron chi connectivity index (χ3n) is 6.46. The lowest BCUT2D eigenvalue weighted by atomic mass is 9.93. The van der Waals surface area contributed by atoms with Gasteiger partial charge in [0, 0.05) is 23.9 Å². The second-order valence-corrected chi connectivity index (χ2v) is 11.3. The Labute approximate surface area is 187 Å². The SMILES string of the molecule is N#Cc1ccc(S(=O)(=O)N2CCC(C(=O)NC(c3cccs3)C3CCCC3)CC2)cc1. The van der Waals surface area contributed by atoms with E-state index in [1.54, 1.807) is 11.3 Å². The molecule has 0 spiro atoms. The molecular weight excluding hydrogens is 430 g/mol. The molecule has 1 unspecified atom stereocenters. The molecule has 1 saturated carbocycles. The summed E-state index contributed by atoms with van der Waals surface area (Å²) in [5.74, 6) is 0.358. The van der Waals surface area contributed by atoms with E-state index < -0.39 is 10.0 Å². The van der Waals surface area contributed by atoms with E-state index in [4.69, 9.17) is 5.26 Å². The minimum absolute atomic E-state index is 0.0423. The minimum atomic E-state index is -3.61. The highest BCUT2D eigenvalue weighted by atomic mass is 32.2. The van der Waals surface area contributed by atoms with Crippen molar-refractivity contribution in [2.45, 2.75) is 49.5 Å². The van der Waals surface area contributed by atoms with Crippen LogP contribution < -0.4 is 5.32 Å². The Morgan fingerprint density at radius 1 is 1.10 bits per heavy atom. The van der Waals surface area contributed by atoms with Crippen LogP contribution in [0.1, 0.15) is 55.0 Å². The number of thiophene rings is 1. The average molecular weight is 458 g/mol. The monoisotopic (exact) mass is 457 g/mol. The number of hydrogen-bond acceptors (Lipinski definition) is 5. The molecule has 2 heterocycles. The summed E-state index contributed by atoms with van der Waals surface area (Å²) in [7, 11) is -3.61. The molecule has 164 valence electrons. The van der Waals surface area contributed by atoms with Gasteiger partial charge in [-0.3, -0.25) is 4.79 Å². The fourth-order valence-corrected chi connectivity index (χ4v) is 7.00. The number of sulfonamides is 1. The van der Waals surface area contributed by atoms with Crippen LogP contribution in [0.25, 0.3) is 0 Å². The first-order valence-corrected chi connectivity index (χ1v) is 13.1. The molecule has 1 amide bonds. The third kappa shape index (κ3) is 4.84. The van der Waals surface area contributed by atoms with Crippen LogP contribution in [0.3, 0.4) is 0 Å². The number of nitriles is 1. The Morgan fingerprint density at radius 3 is 2.35 bits per heavy atom. The highest BCUT2D eigenvalue weighted by Crippen LogP contribution is 2.38. The van der Waals surface area contributed by atoms with Crippen molar-refractivity contribution in [3.63, 3.8) is 0 Å². The van der Waals surface area contributed by atoms with Crippen molar-refractivity contribution in [2.75, 3.05) is 13.1 Å². The first-order valence-electron chi connectivity index (χ1n) is 10.8. The first-order chi connectivity index (χ1) is 15.0. The van der Waals surface area contributed by atoms with E-state index >= 15 is 0 Å². The molecule has 1 aliphatic heterocycles. The second-order valence-electron chi connectivity index (χ2n) is 8.36. The summed E-state index contributed by atoms with van der Waals surface area (Å²) in [5.41, 5.74) is 0.428. The van der Waals surface area contributed by atoms with Crippen LogP contribution in [0, 0.1) is 23.2 Å². The summed E-state index contributed by atoms with van der Waals surface area (Å²) in [6.07, 6.45) is 5.75. The summed E-state index contributed by atoms with van der Waals surface area (Å²) >= 11 is 1.69. The van der Waals surface area contributed by atoms with Gasteiger partial charge in [0.15, 0.2) is 0 Å². The molecule has 0 bridgehead atoms. The fourth-order valence-electron chi connectivity index (χ4n) is 4.66. The molecule has 2 aliphatic rings. The van der Waals surface area contributed by atoms with E-state index in [0.717, 1.165) is 12.8 Å². The molecule has 0 radical (unpaired) electrons. The Bertz CT molecular complexity index is 1030. The lowest BCUT2D eigenvalue weighted by Crippen LogP contribution is -2.44. The number of benzene rings is 1. The van der Waals surface area contributed by atoms with Gasteiger partial charge in [0.25, 0.3) is 0 Å². The van der Waals surface area contributed by atoms with Gasteiger partial charge in [-0.25, -0.2) is 8.42 Å². The second kappa shape index (κ2) is 9.51. The Hall–Kier alpha value is -2.21. The maximum atomic E-state index is 13.1. The molecule has 1 saturated heterocycles. The predicted octanol–water partition coefficient (Wildman–Crippen LogP) is 4.07. The Kier molecular flexibility index (Phi) is 6.75. The van der Waals surface area contributed by atoms with E-state index in [-0.39, 0.29) is 22.8 Å². The van der Waals surface area contributed by atoms with E-state index in [1.165, 1.54) is 46.3 Å². The fraction of sp³-hybridized carbons (Fsp3) is 0.478. The number of carbonyl (C=O) groups is 1. The van der Waals surface area contributed by atoms with Gasteiger partial charge < -0.3 is 5.32 Å². The Balaban J connectivity index is 1.38. The highest BCUT2D eigenvalue weighted by molar-refractivity contribution is 7.89. The quantitative estimate of drug-likeness (QED) is 0.708. The van der Waals surface area contributed by atoms with Crippen LogP contribution in [-0.4, -0.2) is 31.7 Å². The predicted molar refractivity (Wildman–Crippen MR) is 120 cm³/mol. The van der Waals surface area contributed by atoms with Gasteiger partial charge in [0.1, 0.15) is 0 Å².